The first-order chi connectivity index (χ1) is 11.8. The second kappa shape index (κ2) is 8.17. The van der Waals surface area contributed by atoms with Crippen molar-refractivity contribution in [3.63, 3.8) is 0 Å². The van der Waals surface area contributed by atoms with Gasteiger partial charge in [-0.25, -0.2) is 13.1 Å². The molecule has 2 aromatic carbocycles. The zero-order valence-corrected chi connectivity index (χ0v) is 13.4. The Kier molecular flexibility index (Phi) is 6.21. The molecule has 0 atom stereocenters. The van der Waals surface area contributed by atoms with Crippen LogP contribution in [0.1, 0.15) is 5.56 Å². The minimum atomic E-state index is -4.23. The van der Waals surface area contributed by atoms with Gasteiger partial charge in [-0.1, -0.05) is 30.3 Å². The Bertz CT molecular complexity index is 815. The van der Waals surface area contributed by atoms with Crippen molar-refractivity contribution < 1.29 is 35.5 Å². The van der Waals surface area contributed by atoms with E-state index in [1.165, 1.54) is 36.4 Å². The highest BCUT2D eigenvalue weighted by atomic mass is 32.2. The van der Waals surface area contributed by atoms with Gasteiger partial charge in [0.15, 0.2) is 0 Å². The molecule has 0 unspecified atom stereocenters. The smallest absolute Gasteiger partial charge is 0.387 e. The zero-order valence-electron chi connectivity index (χ0n) is 12.5. The van der Waals surface area contributed by atoms with Crippen molar-refractivity contribution in [1.29, 1.82) is 0 Å². The van der Waals surface area contributed by atoms with Crippen LogP contribution in [0.4, 0.5) is 17.6 Å². The van der Waals surface area contributed by atoms with Gasteiger partial charge >= 0.3 is 13.2 Å². The van der Waals surface area contributed by atoms with Gasteiger partial charge in [-0.3, -0.25) is 0 Å². The highest BCUT2D eigenvalue weighted by Crippen LogP contribution is 2.26. The van der Waals surface area contributed by atoms with Crippen LogP contribution in [0.15, 0.2) is 53.4 Å². The zero-order chi connectivity index (χ0) is 18.4. The van der Waals surface area contributed by atoms with Crippen LogP contribution in [0.5, 0.6) is 11.5 Å². The highest BCUT2D eigenvalue weighted by Gasteiger charge is 2.21. The number of hydrogen-bond donors (Lipinski definition) is 1. The first-order valence-electron chi connectivity index (χ1n) is 6.86. The third-order valence-corrected chi connectivity index (χ3v) is 4.44. The van der Waals surface area contributed by atoms with Gasteiger partial charge in [0.25, 0.3) is 0 Å². The van der Waals surface area contributed by atoms with Gasteiger partial charge in [0.1, 0.15) is 16.4 Å². The fourth-order valence-corrected chi connectivity index (χ4v) is 3.12. The molecule has 0 aromatic heterocycles. The molecule has 0 amide bonds. The van der Waals surface area contributed by atoms with E-state index in [0.29, 0.717) is 0 Å². The lowest BCUT2D eigenvalue weighted by Gasteiger charge is -2.14. The van der Waals surface area contributed by atoms with Crippen LogP contribution in [0.25, 0.3) is 0 Å². The minimum absolute atomic E-state index is 0.152. The maximum Gasteiger partial charge on any atom is 0.387 e. The largest absolute Gasteiger partial charge is 0.434 e. The molecule has 0 spiro atoms. The topological polar surface area (TPSA) is 64.6 Å². The standard InChI is InChI=1S/C15H13F4NO4S/c16-14(17)23-11-6-2-1-5-10(11)9-20-25(21,22)13-8-4-3-7-12(13)24-15(18)19/h1-8,14-15,20H,9H2. The van der Waals surface area contributed by atoms with Gasteiger partial charge < -0.3 is 9.47 Å². The summed E-state index contributed by atoms with van der Waals surface area (Å²) in [6.45, 7) is -6.65. The van der Waals surface area contributed by atoms with Crippen molar-refractivity contribution in [2.45, 2.75) is 24.7 Å². The van der Waals surface area contributed by atoms with Gasteiger partial charge in [-0.15, -0.1) is 0 Å². The van der Waals surface area contributed by atoms with Crippen LogP contribution in [0.3, 0.4) is 0 Å². The molecule has 0 aliphatic heterocycles. The number of nitrogens with one attached hydrogen (secondary N) is 1. The summed E-state index contributed by atoms with van der Waals surface area (Å²) in [5.41, 5.74) is 0.152. The van der Waals surface area contributed by atoms with Crippen LogP contribution < -0.4 is 14.2 Å². The number of sulfonamides is 1. The van der Waals surface area contributed by atoms with Crippen molar-refractivity contribution >= 4 is 10.0 Å². The number of hydrogen-bond acceptors (Lipinski definition) is 4. The van der Waals surface area contributed by atoms with E-state index in [1.54, 1.807) is 0 Å². The molecule has 0 saturated carbocycles. The van der Waals surface area contributed by atoms with Gasteiger partial charge in [0, 0.05) is 12.1 Å². The number of para-hydroxylation sites is 2. The summed E-state index contributed by atoms with van der Waals surface area (Å²) in [6.07, 6.45) is 0. The Hall–Kier alpha value is -2.33. The van der Waals surface area contributed by atoms with Crippen LogP contribution >= 0.6 is 0 Å². The predicted octanol–water partition coefficient (Wildman–Crippen LogP) is 3.37. The van der Waals surface area contributed by atoms with E-state index >= 15 is 0 Å². The summed E-state index contributed by atoms with van der Waals surface area (Å²) < 4.78 is 84.8. The molecule has 0 aliphatic rings. The number of alkyl halides is 4. The lowest BCUT2D eigenvalue weighted by molar-refractivity contribution is -0.0519. The van der Waals surface area contributed by atoms with E-state index in [0.717, 1.165) is 12.1 Å². The summed E-state index contributed by atoms with van der Waals surface area (Å²) in [6, 6.07) is 10.4. The second-order valence-electron chi connectivity index (χ2n) is 4.64. The summed E-state index contributed by atoms with van der Waals surface area (Å²) in [7, 11) is -4.23. The maximum atomic E-state index is 12.4. The Balaban J connectivity index is 2.21. The van der Waals surface area contributed by atoms with Gasteiger partial charge in [0.2, 0.25) is 10.0 Å². The van der Waals surface area contributed by atoms with Crippen molar-refractivity contribution in [2.24, 2.45) is 0 Å². The molecule has 136 valence electrons. The maximum absolute atomic E-state index is 12.4. The Labute approximate surface area is 141 Å². The third-order valence-electron chi connectivity index (χ3n) is 3.00. The summed E-state index contributed by atoms with van der Waals surface area (Å²) in [5.74, 6) is -0.723. The molecule has 5 nitrogen and oxygen atoms in total. The van der Waals surface area contributed by atoms with Crippen molar-refractivity contribution in [1.82, 2.24) is 4.72 Å². The molecule has 2 aromatic rings. The molecule has 0 radical (unpaired) electrons. The van der Waals surface area contributed by atoms with Crippen LogP contribution in [-0.4, -0.2) is 21.6 Å². The van der Waals surface area contributed by atoms with Gasteiger partial charge in [0.05, 0.1) is 0 Å². The first-order valence-corrected chi connectivity index (χ1v) is 8.34. The van der Waals surface area contributed by atoms with E-state index in [9.17, 15) is 26.0 Å². The predicted molar refractivity (Wildman–Crippen MR) is 80.2 cm³/mol. The van der Waals surface area contributed by atoms with Crippen molar-refractivity contribution in [2.75, 3.05) is 0 Å². The molecule has 2 rings (SSSR count). The van der Waals surface area contributed by atoms with Crippen LogP contribution in [0, 0.1) is 0 Å². The molecule has 0 heterocycles. The second-order valence-corrected chi connectivity index (χ2v) is 6.37. The fourth-order valence-electron chi connectivity index (χ4n) is 1.98. The first kappa shape index (κ1) is 19.0. The molecule has 1 N–H and O–H groups in total. The fraction of sp³-hybridized carbons (Fsp3) is 0.200. The van der Waals surface area contributed by atoms with E-state index in [-0.39, 0.29) is 17.9 Å². The van der Waals surface area contributed by atoms with Crippen LogP contribution in [-0.2, 0) is 16.6 Å². The van der Waals surface area contributed by atoms with E-state index in [1.807, 2.05) is 0 Å². The molecule has 0 saturated heterocycles. The van der Waals surface area contributed by atoms with E-state index in [4.69, 9.17) is 0 Å². The molecule has 0 fully saturated rings. The Morgan fingerprint density at radius 3 is 2.00 bits per heavy atom. The average Bonchev–Trinajstić information content (AvgIpc) is 2.53. The molecular weight excluding hydrogens is 366 g/mol. The highest BCUT2D eigenvalue weighted by molar-refractivity contribution is 7.89. The number of rotatable bonds is 8. The van der Waals surface area contributed by atoms with Gasteiger partial charge in [-0.2, -0.15) is 17.6 Å². The van der Waals surface area contributed by atoms with E-state index in [2.05, 4.69) is 14.2 Å². The summed E-state index contributed by atoms with van der Waals surface area (Å²) in [4.78, 5) is -0.498. The summed E-state index contributed by atoms with van der Waals surface area (Å²) in [5, 5.41) is 0. The molecule has 0 aliphatic carbocycles. The quantitative estimate of drug-likeness (QED) is 0.715. The van der Waals surface area contributed by atoms with Crippen molar-refractivity contribution in [3.05, 3.63) is 54.1 Å². The number of benzene rings is 2. The minimum Gasteiger partial charge on any atom is -0.434 e. The normalized spacial score (nSPS) is 11.8. The summed E-state index contributed by atoms with van der Waals surface area (Å²) >= 11 is 0. The van der Waals surface area contributed by atoms with Crippen molar-refractivity contribution in [3.8, 4) is 11.5 Å². The molecular formula is C15H13F4NO4S. The molecule has 0 bridgehead atoms. The SMILES string of the molecule is O=S(=O)(NCc1ccccc1OC(F)F)c1ccccc1OC(F)F. The number of halogens is 4. The van der Waals surface area contributed by atoms with Crippen LogP contribution in [0.2, 0.25) is 0 Å². The average molecular weight is 379 g/mol. The lowest BCUT2D eigenvalue weighted by atomic mass is 10.2. The Morgan fingerprint density at radius 1 is 0.840 bits per heavy atom. The molecule has 25 heavy (non-hydrogen) atoms. The van der Waals surface area contributed by atoms with Gasteiger partial charge in [-0.05, 0) is 18.2 Å². The Morgan fingerprint density at radius 2 is 1.36 bits per heavy atom. The molecule has 10 heteroatoms. The monoisotopic (exact) mass is 379 g/mol. The lowest BCUT2D eigenvalue weighted by Crippen LogP contribution is -2.24. The third kappa shape index (κ3) is 5.33. The van der Waals surface area contributed by atoms with E-state index < -0.39 is 33.9 Å². The number of ether oxygens (including phenoxy) is 2.